The van der Waals surface area contributed by atoms with Gasteiger partial charge in [0.05, 0.1) is 16.1 Å². The van der Waals surface area contributed by atoms with Crippen molar-refractivity contribution in [3.63, 3.8) is 0 Å². The van der Waals surface area contributed by atoms with Crippen LogP contribution in [0.3, 0.4) is 0 Å². The molecule has 166 valence electrons. The summed E-state index contributed by atoms with van der Waals surface area (Å²) in [6.07, 6.45) is -4.65. The molecule has 0 fully saturated rings. The third-order valence-electron chi connectivity index (χ3n) is 4.17. The second kappa shape index (κ2) is 9.10. The highest BCUT2D eigenvalue weighted by Crippen LogP contribution is 2.34. The molecule has 0 aliphatic rings. The van der Waals surface area contributed by atoms with Gasteiger partial charge in [0.15, 0.2) is 0 Å². The lowest BCUT2D eigenvalue weighted by Gasteiger charge is -2.14. The Hall–Kier alpha value is -3.86. The Morgan fingerprint density at radius 3 is 1.97 bits per heavy atom. The Kier molecular flexibility index (Phi) is 6.49. The summed E-state index contributed by atoms with van der Waals surface area (Å²) in [5.74, 6) is -0.810. The van der Waals surface area contributed by atoms with Crippen LogP contribution in [0.2, 0.25) is 0 Å². The minimum absolute atomic E-state index is 0.125. The number of alkyl halides is 3. The maximum Gasteiger partial charge on any atom is 0.418 e. The first-order valence-electron chi connectivity index (χ1n) is 9.03. The van der Waals surface area contributed by atoms with Gasteiger partial charge in [0.1, 0.15) is 0 Å². The molecule has 0 atom stereocenters. The molecule has 11 heteroatoms. The van der Waals surface area contributed by atoms with Crippen LogP contribution in [0, 0.1) is 0 Å². The predicted molar refractivity (Wildman–Crippen MR) is 112 cm³/mol. The standard InChI is InChI=1S/C21H16F3N3O4S/c22-21(23,24)17-8-4-5-9-18(17)26-20(29)25-15-10-12-16(13-11-15)32(30,31)27-19(28)14-6-2-1-3-7-14/h1-13H,(H,27,28)(H2,25,26,29). The molecule has 0 saturated carbocycles. The molecule has 3 aromatic carbocycles. The summed E-state index contributed by atoms with van der Waals surface area (Å²) in [5.41, 5.74) is -1.16. The van der Waals surface area contributed by atoms with E-state index in [0.717, 1.165) is 24.3 Å². The molecule has 0 spiro atoms. The third-order valence-corrected chi connectivity index (χ3v) is 5.51. The van der Waals surface area contributed by atoms with Crippen LogP contribution in [0.4, 0.5) is 29.3 Å². The summed E-state index contributed by atoms with van der Waals surface area (Å²) >= 11 is 0. The summed E-state index contributed by atoms with van der Waals surface area (Å²) in [7, 11) is -4.18. The fraction of sp³-hybridized carbons (Fsp3) is 0.0476. The predicted octanol–water partition coefficient (Wildman–Crippen LogP) is 4.47. The highest BCUT2D eigenvalue weighted by molar-refractivity contribution is 7.90. The molecule has 0 heterocycles. The number of urea groups is 1. The average molecular weight is 463 g/mol. The highest BCUT2D eigenvalue weighted by atomic mass is 32.2. The largest absolute Gasteiger partial charge is 0.418 e. The molecule has 7 nitrogen and oxygen atoms in total. The zero-order chi connectivity index (χ0) is 23.4. The normalized spacial score (nSPS) is 11.5. The van der Waals surface area contributed by atoms with Crippen LogP contribution in [0.25, 0.3) is 0 Å². The van der Waals surface area contributed by atoms with E-state index in [0.29, 0.717) is 0 Å². The number of hydrogen-bond donors (Lipinski definition) is 3. The van der Waals surface area contributed by atoms with Gasteiger partial charge in [-0.25, -0.2) is 17.9 Å². The maximum absolute atomic E-state index is 13.0. The molecule has 0 aliphatic heterocycles. The number of anilines is 2. The van der Waals surface area contributed by atoms with Crippen molar-refractivity contribution in [1.29, 1.82) is 0 Å². The zero-order valence-corrected chi connectivity index (χ0v) is 17.0. The van der Waals surface area contributed by atoms with E-state index in [9.17, 15) is 31.2 Å². The minimum Gasteiger partial charge on any atom is -0.308 e. The van der Waals surface area contributed by atoms with E-state index in [1.807, 2.05) is 4.72 Å². The van der Waals surface area contributed by atoms with E-state index >= 15 is 0 Å². The lowest BCUT2D eigenvalue weighted by atomic mass is 10.1. The third kappa shape index (κ3) is 5.64. The number of hydrogen-bond acceptors (Lipinski definition) is 4. The number of carbonyl (C=O) groups is 2. The number of benzene rings is 3. The molecule has 32 heavy (non-hydrogen) atoms. The Morgan fingerprint density at radius 1 is 0.750 bits per heavy atom. The second-order valence-corrected chi connectivity index (χ2v) is 8.13. The van der Waals surface area contributed by atoms with Gasteiger partial charge in [0, 0.05) is 11.3 Å². The Balaban J connectivity index is 1.67. The first-order chi connectivity index (χ1) is 15.1. The molecule has 3 amide bonds. The van der Waals surface area contributed by atoms with Gasteiger partial charge in [-0.05, 0) is 48.5 Å². The smallest absolute Gasteiger partial charge is 0.308 e. The van der Waals surface area contributed by atoms with Gasteiger partial charge < -0.3 is 10.6 Å². The Bertz CT molecular complexity index is 1230. The lowest BCUT2D eigenvalue weighted by Crippen LogP contribution is -2.30. The number of para-hydroxylation sites is 1. The topological polar surface area (TPSA) is 104 Å². The summed E-state index contributed by atoms with van der Waals surface area (Å²) in [6.45, 7) is 0. The van der Waals surface area contributed by atoms with Gasteiger partial charge >= 0.3 is 12.2 Å². The van der Waals surface area contributed by atoms with E-state index in [4.69, 9.17) is 0 Å². The maximum atomic E-state index is 13.0. The van der Waals surface area contributed by atoms with E-state index in [1.165, 1.54) is 36.4 Å². The molecular weight excluding hydrogens is 447 g/mol. The zero-order valence-electron chi connectivity index (χ0n) is 16.2. The van der Waals surface area contributed by atoms with Gasteiger partial charge in [0.25, 0.3) is 15.9 Å². The van der Waals surface area contributed by atoms with Crippen LogP contribution in [-0.2, 0) is 16.2 Å². The summed E-state index contributed by atoms with van der Waals surface area (Å²) in [6, 6.07) is 16.0. The SMILES string of the molecule is O=C(Nc1ccc(S(=O)(=O)NC(=O)c2ccccc2)cc1)Nc1ccccc1C(F)(F)F. The van der Waals surface area contributed by atoms with Crippen LogP contribution < -0.4 is 15.4 Å². The molecule has 0 radical (unpaired) electrons. The van der Waals surface area contributed by atoms with E-state index in [1.54, 1.807) is 18.2 Å². The van der Waals surface area contributed by atoms with Crippen molar-refractivity contribution in [3.8, 4) is 0 Å². The lowest BCUT2D eigenvalue weighted by molar-refractivity contribution is -0.136. The van der Waals surface area contributed by atoms with Gasteiger partial charge in [-0.1, -0.05) is 30.3 Å². The van der Waals surface area contributed by atoms with Crippen LogP contribution >= 0.6 is 0 Å². The van der Waals surface area contributed by atoms with Crippen molar-refractivity contribution >= 4 is 33.3 Å². The molecular formula is C21H16F3N3O4S. The van der Waals surface area contributed by atoms with Crippen LogP contribution in [-0.4, -0.2) is 20.4 Å². The van der Waals surface area contributed by atoms with Gasteiger partial charge in [-0.2, -0.15) is 13.2 Å². The van der Waals surface area contributed by atoms with Crippen molar-refractivity contribution in [1.82, 2.24) is 4.72 Å². The Labute approximate surface area is 181 Å². The average Bonchev–Trinajstić information content (AvgIpc) is 2.74. The first-order valence-corrected chi connectivity index (χ1v) is 10.5. The molecule has 0 aromatic heterocycles. The molecule has 0 bridgehead atoms. The fourth-order valence-corrected chi connectivity index (χ4v) is 3.64. The van der Waals surface area contributed by atoms with Crippen molar-refractivity contribution in [3.05, 3.63) is 90.0 Å². The van der Waals surface area contributed by atoms with Crippen molar-refractivity contribution < 1.29 is 31.2 Å². The molecule has 0 aliphatic carbocycles. The number of halogens is 3. The van der Waals surface area contributed by atoms with Crippen molar-refractivity contribution in [2.75, 3.05) is 10.6 Å². The van der Waals surface area contributed by atoms with Crippen LogP contribution in [0.15, 0.2) is 83.8 Å². The number of amides is 3. The van der Waals surface area contributed by atoms with E-state index in [-0.39, 0.29) is 16.1 Å². The minimum atomic E-state index is -4.65. The van der Waals surface area contributed by atoms with Crippen molar-refractivity contribution in [2.45, 2.75) is 11.1 Å². The van der Waals surface area contributed by atoms with Gasteiger partial charge in [-0.15, -0.1) is 0 Å². The molecule has 3 aromatic rings. The molecule has 3 rings (SSSR count). The van der Waals surface area contributed by atoms with E-state index < -0.39 is 39.4 Å². The van der Waals surface area contributed by atoms with Crippen molar-refractivity contribution in [2.24, 2.45) is 0 Å². The molecule has 3 N–H and O–H groups in total. The van der Waals surface area contributed by atoms with Gasteiger partial charge in [0.2, 0.25) is 0 Å². The molecule has 0 unspecified atom stereocenters. The Morgan fingerprint density at radius 2 is 1.34 bits per heavy atom. The van der Waals surface area contributed by atoms with Crippen LogP contribution in [0.1, 0.15) is 15.9 Å². The summed E-state index contributed by atoms with van der Waals surface area (Å²) < 4.78 is 65.8. The monoisotopic (exact) mass is 463 g/mol. The summed E-state index contributed by atoms with van der Waals surface area (Å²) in [4.78, 5) is 23.9. The number of nitrogens with one attached hydrogen (secondary N) is 3. The first kappa shape index (κ1) is 22.8. The number of carbonyl (C=O) groups excluding carboxylic acids is 2. The number of rotatable bonds is 5. The number of sulfonamides is 1. The van der Waals surface area contributed by atoms with Crippen LogP contribution in [0.5, 0.6) is 0 Å². The van der Waals surface area contributed by atoms with Gasteiger partial charge in [-0.3, -0.25) is 4.79 Å². The highest BCUT2D eigenvalue weighted by Gasteiger charge is 2.33. The van der Waals surface area contributed by atoms with E-state index in [2.05, 4.69) is 10.6 Å². The molecule has 0 saturated heterocycles. The quantitative estimate of drug-likeness (QED) is 0.519. The summed E-state index contributed by atoms with van der Waals surface area (Å²) in [5, 5.41) is 4.42. The fourth-order valence-electron chi connectivity index (χ4n) is 2.67. The second-order valence-electron chi connectivity index (χ2n) is 6.45.